The molecule has 1 aliphatic rings. The molecular formula is C16H17NO2. The molecule has 0 radical (unpaired) electrons. The highest BCUT2D eigenvalue weighted by molar-refractivity contribution is 5.47. The summed E-state index contributed by atoms with van der Waals surface area (Å²) in [7, 11) is 1.68. The van der Waals surface area contributed by atoms with Crippen LogP contribution in [0.5, 0.6) is 11.5 Å². The van der Waals surface area contributed by atoms with E-state index >= 15 is 0 Å². The molecule has 19 heavy (non-hydrogen) atoms. The van der Waals surface area contributed by atoms with Gasteiger partial charge in [0.2, 0.25) is 0 Å². The molecule has 0 fully saturated rings. The van der Waals surface area contributed by atoms with Gasteiger partial charge in [0.1, 0.15) is 0 Å². The largest absolute Gasteiger partial charge is 0.493 e. The lowest BCUT2D eigenvalue weighted by Gasteiger charge is -2.26. The monoisotopic (exact) mass is 255 g/mol. The van der Waals surface area contributed by atoms with E-state index < -0.39 is 0 Å². The van der Waals surface area contributed by atoms with E-state index in [1.165, 1.54) is 5.56 Å². The molecule has 1 aromatic heterocycles. The van der Waals surface area contributed by atoms with Gasteiger partial charge in [0.05, 0.1) is 13.7 Å². The molecule has 3 rings (SSSR count). The number of benzene rings is 1. The highest BCUT2D eigenvalue weighted by Gasteiger charge is 2.22. The molecule has 0 aliphatic carbocycles. The van der Waals surface area contributed by atoms with Crippen molar-refractivity contribution in [3.05, 3.63) is 53.9 Å². The third kappa shape index (κ3) is 2.55. The Kier molecular flexibility index (Phi) is 3.36. The van der Waals surface area contributed by atoms with Crippen LogP contribution in [0.25, 0.3) is 0 Å². The van der Waals surface area contributed by atoms with Crippen LogP contribution in [0, 0.1) is 5.92 Å². The van der Waals surface area contributed by atoms with Crippen LogP contribution in [-0.4, -0.2) is 18.7 Å². The molecular weight excluding hydrogens is 238 g/mol. The normalized spacial score (nSPS) is 17.4. The lowest BCUT2D eigenvalue weighted by atomic mass is 9.92. The molecule has 0 amide bonds. The summed E-state index contributed by atoms with van der Waals surface area (Å²) in [4.78, 5) is 4.38. The number of aromatic nitrogens is 1. The standard InChI is InChI=1S/C16H17NO2/c1-18-15-7-4-5-13-9-12(11-19-16(13)15)10-14-6-2-3-8-17-14/h2-8,12H,9-11H2,1H3. The lowest BCUT2D eigenvalue weighted by molar-refractivity contribution is 0.210. The molecule has 1 atom stereocenters. The molecule has 98 valence electrons. The fourth-order valence-electron chi connectivity index (χ4n) is 2.56. The van der Waals surface area contributed by atoms with Gasteiger partial charge < -0.3 is 9.47 Å². The maximum atomic E-state index is 5.88. The summed E-state index contributed by atoms with van der Waals surface area (Å²) < 4.78 is 11.2. The Labute approximate surface area is 113 Å². The second-order valence-electron chi connectivity index (χ2n) is 4.85. The van der Waals surface area contributed by atoms with E-state index in [2.05, 4.69) is 17.1 Å². The minimum absolute atomic E-state index is 0.481. The Bertz CT molecular complexity index is 554. The zero-order chi connectivity index (χ0) is 13.1. The van der Waals surface area contributed by atoms with E-state index in [0.717, 1.165) is 36.6 Å². The minimum Gasteiger partial charge on any atom is -0.493 e. The van der Waals surface area contributed by atoms with Gasteiger partial charge in [-0.1, -0.05) is 18.2 Å². The Morgan fingerprint density at radius 2 is 2.21 bits per heavy atom. The molecule has 0 spiro atoms. The molecule has 2 heterocycles. The number of pyridine rings is 1. The van der Waals surface area contributed by atoms with Gasteiger partial charge in [0, 0.05) is 17.8 Å². The number of para-hydroxylation sites is 1. The number of nitrogens with zero attached hydrogens (tertiary/aromatic N) is 1. The molecule has 3 heteroatoms. The molecule has 0 bridgehead atoms. The van der Waals surface area contributed by atoms with E-state index in [9.17, 15) is 0 Å². The molecule has 1 aliphatic heterocycles. The SMILES string of the molecule is COc1cccc2c1OCC(Cc1ccccn1)C2. The van der Waals surface area contributed by atoms with Crippen molar-refractivity contribution in [3.63, 3.8) is 0 Å². The van der Waals surface area contributed by atoms with Crippen molar-refractivity contribution in [1.82, 2.24) is 4.98 Å². The topological polar surface area (TPSA) is 31.4 Å². The zero-order valence-corrected chi connectivity index (χ0v) is 11.0. The van der Waals surface area contributed by atoms with Crippen molar-refractivity contribution in [2.75, 3.05) is 13.7 Å². The summed E-state index contributed by atoms with van der Waals surface area (Å²) in [6, 6.07) is 12.1. The number of ether oxygens (including phenoxy) is 2. The van der Waals surface area contributed by atoms with Gasteiger partial charge in [-0.15, -0.1) is 0 Å². The van der Waals surface area contributed by atoms with E-state index in [1.807, 2.05) is 30.5 Å². The maximum absolute atomic E-state index is 5.88. The van der Waals surface area contributed by atoms with E-state index in [0.29, 0.717) is 5.92 Å². The Morgan fingerprint density at radius 1 is 1.26 bits per heavy atom. The van der Waals surface area contributed by atoms with E-state index in [1.54, 1.807) is 7.11 Å². The predicted molar refractivity (Wildman–Crippen MR) is 73.6 cm³/mol. The fraction of sp³-hybridized carbons (Fsp3) is 0.312. The second-order valence-corrected chi connectivity index (χ2v) is 4.85. The molecule has 0 N–H and O–H groups in total. The number of methoxy groups -OCH3 is 1. The third-order valence-corrected chi connectivity index (χ3v) is 3.48. The first kappa shape index (κ1) is 12.0. The zero-order valence-electron chi connectivity index (χ0n) is 11.0. The first-order valence-electron chi connectivity index (χ1n) is 6.55. The van der Waals surface area contributed by atoms with Crippen LogP contribution in [0.1, 0.15) is 11.3 Å². The summed E-state index contributed by atoms with van der Waals surface area (Å²) in [5.41, 5.74) is 2.36. The van der Waals surface area contributed by atoms with Crippen LogP contribution in [0.15, 0.2) is 42.6 Å². The van der Waals surface area contributed by atoms with E-state index in [4.69, 9.17) is 9.47 Å². The van der Waals surface area contributed by atoms with Crippen molar-refractivity contribution in [2.45, 2.75) is 12.8 Å². The highest BCUT2D eigenvalue weighted by Crippen LogP contribution is 2.36. The van der Waals surface area contributed by atoms with Gasteiger partial charge in [-0.2, -0.15) is 0 Å². The highest BCUT2D eigenvalue weighted by atomic mass is 16.5. The average molecular weight is 255 g/mol. The molecule has 1 unspecified atom stereocenters. The van der Waals surface area contributed by atoms with Gasteiger partial charge in [0.25, 0.3) is 0 Å². The number of hydrogen-bond acceptors (Lipinski definition) is 3. The molecule has 2 aromatic rings. The van der Waals surface area contributed by atoms with Crippen LogP contribution < -0.4 is 9.47 Å². The van der Waals surface area contributed by atoms with Crippen molar-refractivity contribution >= 4 is 0 Å². The summed E-state index contributed by atoms with van der Waals surface area (Å²) in [6.07, 6.45) is 3.82. The third-order valence-electron chi connectivity index (χ3n) is 3.48. The maximum Gasteiger partial charge on any atom is 0.164 e. The van der Waals surface area contributed by atoms with Crippen LogP contribution in [0.2, 0.25) is 0 Å². The van der Waals surface area contributed by atoms with Gasteiger partial charge in [-0.25, -0.2) is 0 Å². The molecule has 0 saturated heterocycles. The van der Waals surface area contributed by atoms with Gasteiger partial charge in [0.15, 0.2) is 11.5 Å². The van der Waals surface area contributed by atoms with Crippen LogP contribution in [0.3, 0.4) is 0 Å². The smallest absolute Gasteiger partial charge is 0.164 e. The Hall–Kier alpha value is -2.03. The molecule has 1 aromatic carbocycles. The summed E-state index contributed by atoms with van der Waals surface area (Å²) in [5, 5.41) is 0. The van der Waals surface area contributed by atoms with Crippen LogP contribution >= 0.6 is 0 Å². The van der Waals surface area contributed by atoms with Gasteiger partial charge in [-0.3, -0.25) is 4.98 Å². The first-order chi connectivity index (χ1) is 9.36. The first-order valence-corrected chi connectivity index (χ1v) is 6.55. The number of rotatable bonds is 3. The van der Waals surface area contributed by atoms with Crippen molar-refractivity contribution in [3.8, 4) is 11.5 Å². The lowest BCUT2D eigenvalue weighted by Crippen LogP contribution is -2.23. The van der Waals surface area contributed by atoms with Crippen molar-refractivity contribution in [1.29, 1.82) is 0 Å². The number of fused-ring (bicyclic) bond motifs is 1. The predicted octanol–water partition coefficient (Wildman–Crippen LogP) is 2.88. The second kappa shape index (κ2) is 5.31. The fourth-order valence-corrected chi connectivity index (χ4v) is 2.56. The summed E-state index contributed by atoms with van der Waals surface area (Å²) >= 11 is 0. The van der Waals surface area contributed by atoms with Crippen LogP contribution in [-0.2, 0) is 12.8 Å². The van der Waals surface area contributed by atoms with Crippen molar-refractivity contribution < 1.29 is 9.47 Å². The van der Waals surface area contributed by atoms with Crippen molar-refractivity contribution in [2.24, 2.45) is 5.92 Å². The van der Waals surface area contributed by atoms with Crippen LogP contribution in [0.4, 0.5) is 0 Å². The quantitative estimate of drug-likeness (QED) is 0.845. The minimum atomic E-state index is 0.481. The Morgan fingerprint density at radius 3 is 3.00 bits per heavy atom. The number of hydrogen-bond donors (Lipinski definition) is 0. The molecule has 0 saturated carbocycles. The van der Waals surface area contributed by atoms with Gasteiger partial charge in [-0.05, 0) is 36.6 Å². The Balaban J connectivity index is 1.76. The summed E-state index contributed by atoms with van der Waals surface area (Å²) in [5.74, 6) is 2.21. The van der Waals surface area contributed by atoms with E-state index in [-0.39, 0.29) is 0 Å². The molecule has 3 nitrogen and oxygen atoms in total. The average Bonchev–Trinajstić information content (AvgIpc) is 2.47. The van der Waals surface area contributed by atoms with Gasteiger partial charge >= 0.3 is 0 Å². The summed E-state index contributed by atoms with van der Waals surface area (Å²) in [6.45, 7) is 0.726.